The first-order valence-corrected chi connectivity index (χ1v) is 28.9. The molecular weight excluding hydrogens is 1080 g/mol. The third kappa shape index (κ3) is 18.3. The summed E-state index contributed by atoms with van der Waals surface area (Å²) in [5.74, 6) is -0.600. The van der Waals surface area contributed by atoms with Gasteiger partial charge in [0.2, 0.25) is 5.91 Å². The zero-order valence-electron chi connectivity index (χ0n) is 43.0. The summed E-state index contributed by atoms with van der Waals surface area (Å²) in [6.45, 7) is 7.62. The zero-order chi connectivity index (χ0) is 56.4. The number of hydrogen-bond donors (Lipinski definition) is 3. The summed E-state index contributed by atoms with van der Waals surface area (Å²) in [6.07, 6.45) is 16.9. The summed E-state index contributed by atoms with van der Waals surface area (Å²) in [4.78, 5) is 93.2. The van der Waals surface area contributed by atoms with E-state index in [0.29, 0.717) is 47.2 Å². The molecular formula is C50H64Cl3FN5O14PS. The number of aryl methyl sites for hydroxylation is 2. The number of carbonyl (C=O) groups is 6. The first-order chi connectivity index (χ1) is 35.3. The number of nitrogens with one attached hydrogen (secondary N) is 1. The van der Waals surface area contributed by atoms with Gasteiger partial charge in [0.25, 0.3) is 23.6 Å². The second-order valence-electron chi connectivity index (χ2n) is 17.5. The lowest BCUT2D eigenvalue weighted by Gasteiger charge is -2.29. The molecule has 3 aromatic rings. The molecule has 1 aliphatic carbocycles. The Balaban J connectivity index is 0.000000269. The van der Waals surface area contributed by atoms with E-state index in [0.717, 1.165) is 53.5 Å². The van der Waals surface area contributed by atoms with Crippen molar-refractivity contribution in [3.63, 3.8) is 0 Å². The number of alkyl halides is 3. The SMILES string of the molecule is C#CCN1C(=O)COc2cc(F)c(N3C(=O)C4=C(CCCC4)C3=O)cc21.CC1(C)OC(c2ccco2)CN1C(=O)C(Cl)Cl.CCc1cccc(CC)c1N(COC)C(=O)CCl.C[S+](C)C.O=C(O)CNCP(=O)([O-])O. The Bertz CT molecular complexity index is 2560. The molecule has 2 aromatic carbocycles. The predicted octanol–water partition coefficient (Wildman–Crippen LogP) is 6.29. The maximum absolute atomic E-state index is 14.7. The van der Waals surface area contributed by atoms with Crippen LogP contribution in [0.15, 0.2) is 64.3 Å². The van der Waals surface area contributed by atoms with Crippen LogP contribution in [0.3, 0.4) is 0 Å². The molecule has 19 nitrogen and oxygen atoms in total. The Morgan fingerprint density at radius 2 is 1.63 bits per heavy atom. The molecule has 1 saturated heterocycles. The molecule has 4 aliphatic rings. The number of carboxylic acids is 1. The number of para-hydroxylation sites is 1. The molecule has 1 aromatic heterocycles. The Hall–Kier alpha value is -4.98. The van der Waals surface area contributed by atoms with Crippen molar-refractivity contribution in [3.8, 4) is 18.1 Å². The van der Waals surface area contributed by atoms with E-state index in [1.807, 2.05) is 29.6 Å². The second-order valence-corrected chi connectivity index (χ2v) is 22.9. The minimum atomic E-state index is -4.35. The number of rotatable bonds is 14. The molecule has 5 amide bonds. The third-order valence-electron chi connectivity index (χ3n) is 11.1. The number of ether oxygens (including phenoxy) is 3. The number of terminal acetylenes is 1. The van der Waals surface area contributed by atoms with Crippen LogP contribution in [0.5, 0.6) is 5.75 Å². The Morgan fingerprint density at radius 1 is 1.04 bits per heavy atom. The van der Waals surface area contributed by atoms with Gasteiger partial charge in [-0.1, -0.05) is 61.2 Å². The van der Waals surface area contributed by atoms with Crippen LogP contribution in [0.1, 0.15) is 76.4 Å². The highest BCUT2D eigenvalue weighted by Crippen LogP contribution is 2.42. The highest BCUT2D eigenvalue weighted by Gasteiger charge is 2.45. The standard InChI is InChI=1S/C19H15FN2O4.C14H20ClNO2.C11H13Cl2NO3.C3H8NO5P.C3H9S/c1-2-7-21-15-9-14(13(20)8-16(15)26-10-17(21)23)22-18(24)11-5-3-4-6-12(11)19(22)25;1-4-11-7-6-8-12(5-2)14(11)16(10-18-3)13(17)9-15;1-11(2)14(10(15)9(12)13)6-8(17-11)7-4-3-5-16-7;5-3(6)1-4-2-10(7,8)9;1-4(2)3/h1,8-9H,3-7,10H2;6-8H,4-5,9-10H2,1-3H3;3-5,8-9H,6H2,1-2H3;4H,1-2H2,(H,5,6)(H2,7,8,9);1-3H3/q;;;;+1/p-1. The third-order valence-corrected chi connectivity index (χ3v) is 12.3. The molecule has 3 N–H and O–H groups in total. The van der Waals surface area contributed by atoms with E-state index in [4.69, 9.17) is 69.9 Å². The average molecular weight is 1150 g/mol. The molecule has 75 heavy (non-hydrogen) atoms. The number of benzene rings is 2. The van der Waals surface area contributed by atoms with Gasteiger partial charge in [0.05, 0.1) is 68.0 Å². The Morgan fingerprint density at radius 3 is 2.09 bits per heavy atom. The van der Waals surface area contributed by atoms with Crippen LogP contribution >= 0.6 is 42.4 Å². The number of methoxy groups -OCH3 is 1. The number of carbonyl (C=O) groups excluding carboxylic acids is 5. The molecule has 3 aliphatic heterocycles. The summed E-state index contributed by atoms with van der Waals surface area (Å²) in [5.41, 5.74) is 3.49. The van der Waals surface area contributed by atoms with E-state index >= 15 is 0 Å². The second kappa shape index (κ2) is 30.1. The fourth-order valence-corrected chi connectivity index (χ4v) is 8.64. The van der Waals surface area contributed by atoms with Gasteiger partial charge >= 0.3 is 5.97 Å². The van der Waals surface area contributed by atoms with Gasteiger partial charge in [0.15, 0.2) is 17.3 Å². The van der Waals surface area contributed by atoms with Crippen molar-refractivity contribution in [2.75, 3.05) is 85.7 Å². The monoisotopic (exact) mass is 1150 g/mol. The van der Waals surface area contributed by atoms with Crippen molar-refractivity contribution in [3.05, 3.63) is 82.6 Å². The Kier molecular flexibility index (Phi) is 25.8. The minimum Gasteiger partial charge on any atom is -0.778 e. The first-order valence-electron chi connectivity index (χ1n) is 23.3. The summed E-state index contributed by atoms with van der Waals surface area (Å²) in [5, 5.41) is 9.97. The lowest BCUT2D eigenvalue weighted by Crippen LogP contribution is -2.45. The molecule has 2 unspecified atom stereocenters. The van der Waals surface area contributed by atoms with Gasteiger partial charge in [0, 0.05) is 24.3 Å². The molecule has 0 spiro atoms. The number of hydrogen-bond acceptors (Lipinski definition) is 13. The summed E-state index contributed by atoms with van der Waals surface area (Å²) in [6, 6.07) is 12.1. The molecule has 0 saturated carbocycles. The normalized spacial score (nSPS) is 17.1. The smallest absolute Gasteiger partial charge is 0.317 e. The molecule has 25 heteroatoms. The van der Waals surface area contributed by atoms with Crippen molar-refractivity contribution >= 4 is 106 Å². The molecule has 7 rings (SSSR count). The molecule has 1 fully saturated rings. The molecule has 2 atom stereocenters. The van der Waals surface area contributed by atoms with Crippen molar-refractivity contribution in [1.82, 2.24) is 10.2 Å². The lowest BCUT2D eigenvalue weighted by atomic mass is 9.93. The summed E-state index contributed by atoms with van der Waals surface area (Å²) >= 11 is 16.9. The van der Waals surface area contributed by atoms with Crippen molar-refractivity contribution < 1.29 is 71.2 Å². The van der Waals surface area contributed by atoms with Gasteiger partial charge in [-0.05, 0) is 92.6 Å². The lowest BCUT2D eigenvalue weighted by molar-refractivity contribution is -0.193. The number of anilines is 3. The quantitative estimate of drug-likeness (QED) is 0.0401. The zero-order valence-corrected chi connectivity index (χ0v) is 47.0. The van der Waals surface area contributed by atoms with Gasteiger partial charge in [-0.2, -0.15) is 0 Å². The van der Waals surface area contributed by atoms with Gasteiger partial charge in [-0.15, -0.1) is 18.0 Å². The number of aliphatic carboxylic acids is 1. The maximum atomic E-state index is 14.7. The first kappa shape index (κ1) is 64.3. The number of amides is 5. The van der Waals surface area contributed by atoms with Crippen molar-refractivity contribution in [1.29, 1.82) is 0 Å². The van der Waals surface area contributed by atoms with E-state index in [1.54, 1.807) is 38.2 Å². The number of carboxylic acid groups (broad SMARTS) is 1. The van der Waals surface area contributed by atoms with Gasteiger partial charge in [-0.3, -0.25) is 43.9 Å². The fraction of sp³-hybridized carbons (Fsp3) is 0.480. The number of nitrogens with zero attached hydrogens (tertiary/aromatic N) is 4. The van der Waals surface area contributed by atoms with E-state index < -0.39 is 54.6 Å². The molecule has 0 radical (unpaired) electrons. The van der Waals surface area contributed by atoms with Gasteiger partial charge in [0.1, 0.15) is 43.5 Å². The van der Waals surface area contributed by atoms with Crippen LogP contribution < -0.4 is 29.6 Å². The molecule has 4 heterocycles. The van der Waals surface area contributed by atoms with Crippen LogP contribution in [0.25, 0.3) is 0 Å². The maximum Gasteiger partial charge on any atom is 0.317 e. The van der Waals surface area contributed by atoms with Gasteiger partial charge in [-0.25, -0.2) is 9.29 Å². The van der Waals surface area contributed by atoms with Crippen LogP contribution in [-0.2, 0) is 66.5 Å². The molecule has 0 bridgehead atoms. The van der Waals surface area contributed by atoms with Crippen LogP contribution in [0.4, 0.5) is 21.5 Å². The highest BCUT2D eigenvalue weighted by molar-refractivity contribution is 7.94. The van der Waals surface area contributed by atoms with E-state index in [-0.39, 0.29) is 66.7 Å². The fourth-order valence-electron chi connectivity index (χ4n) is 7.86. The number of fused-ring (bicyclic) bond motifs is 1. The summed E-state index contributed by atoms with van der Waals surface area (Å²) in [7, 11) is -2.13. The minimum absolute atomic E-state index is 0.0170. The predicted molar refractivity (Wildman–Crippen MR) is 286 cm³/mol. The van der Waals surface area contributed by atoms with Crippen LogP contribution in [-0.4, -0.2) is 132 Å². The summed E-state index contributed by atoms with van der Waals surface area (Å²) < 4.78 is 46.0. The van der Waals surface area contributed by atoms with E-state index in [2.05, 4.69) is 38.5 Å². The number of imide groups is 1. The van der Waals surface area contributed by atoms with Crippen LogP contribution in [0.2, 0.25) is 0 Å². The largest absolute Gasteiger partial charge is 0.778 e. The molecule has 412 valence electrons. The topological polar surface area (TPSA) is 249 Å². The number of halogens is 4. The van der Waals surface area contributed by atoms with E-state index in [9.17, 15) is 42.6 Å². The van der Waals surface area contributed by atoms with Crippen molar-refractivity contribution in [2.24, 2.45) is 0 Å². The highest BCUT2D eigenvalue weighted by atomic mass is 35.5. The van der Waals surface area contributed by atoms with Gasteiger partial charge < -0.3 is 43.0 Å². The Labute approximate surface area is 454 Å². The van der Waals surface area contributed by atoms with Crippen molar-refractivity contribution in [2.45, 2.75) is 82.9 Å². The number of furan rings is 1. The van der Waals surface area contributed by atoms with E-state index in [1.165, 1.54) is 15.9 Å². The average Bonchev–Trinajstić information content (AvgIpc) is 4.07. The van der Waals surface area contributed by atoms with Crippen LogP contribution in [0, 0.1) is 18.2 Å².